The summed E-state index contributed by atoms with van der Waals surface area (Å²) in [4.78, 5) is 10.7. The van der Waals surface area contributed by atoms with E-state index in [9.17, 15) is 4.79 Å². The van der Waals surface area contributed by atoms with Crippen LogP contribution in [-0.2, 0) is 16.1 Å². The van der Waals surface area contributed by atoms with Gasteiger partial charge in [0.25, 0.3) is 0 Å². The van der Waals surface area contributed by atoms with E-state index < -0.39 is 0 Å². The number of aromatic nitrogens is 3. The molecule has 0 aliphatic heterocycles. The van der Waals surface area contributed by atoms with E-state index >= 15 is 0 Å². The summed E-state index contributed by atoms with van der Waals surface area (Å²) in [5.41, 5.74) is 0.786. The van der Waals surface area contributed by atoms with Gasteiger partial charge >= 0.3 is 5.97 Å². The van der Waals surface area contributed by atoms with E-state index in [1.807, 2.05) is 13.8 Å². The minimum absolute atomic E-state index is 0.122. The summed E-state index contributed by atoms with van der Waals surface area (Å²) in [5.74, 6) is -0.324. The first kappa shape index (κ1) is 11.6. The highest BCUT2D eigenvalue weighted by Crippen LogP contribution is 1.89. The Kier molecular flexibility index (Phi) is 5.50. The van der Waals surface area contributed by atoms with Crippen LogP contribution in [0.3, 0.4) is 0 Å². The number of esters is 1. The number of nitrogens with zero attached hydrogens (tertiary/aromatic N) is 3. The molecule has 0 fully saturated rings. The Labute approximate surface area is 77.7 Å². The van der Waals surface area contributed by atoms with Gasteiger partial charge in [0.05, 0.1) is 12.8 Å². The molecule has 1 aromatic heterocycles. The van der Waals surface area contributed by atoms with Crippen molar-refractivity contribution in [3.63, 3.8) is 0 Å². The molecule has 1 heterocycles. The van der Waals surface area contributed by atoms with E-state index in [1.165, 1.54) is 11.8 Å². The largest absolute Gasteiger partial charge is 0.468 e. The molecule has 5 heteroatoms. The predicted molar refractivity (Wildman–Crippen MR) is 48.1 cm³/mol. The zero-order valence-electron chi connectivity index (χ0n) is 8.44. The molecule has 0 saturated carbocycles. The number of ether oxygens (including phenoxy) is 1. The molecule has 0 aromatic carbocycles. The summed E-state index contributed by atoms with van der Waals surface area (Å²) in [7, 11) is 1.34. The van der Waals surface area contributed by atoms with Gasteiger partial charge in [-0.2, -0.15) is 0 Å². The molecule has 0 amide bonds. The van der Waals surface area contributed by atoms with Crippen molar-refractivity contribution in [2.24, 2.45) is 0 Å². The predicted octanol–water partition coefficient (Wildman–Crippen LogP) is 0.786. The number of carbonyl (C=O) groups excluding carboxylic acids is 1. The average molecular weight is 185 g/mol. The molecule has 0 bridgehead atoms. The number of hydrogen-bond acceptors (Lipinski definition) is 4. The number of rotatable bonds is 2. The maximum atomic E-state index is 10.7. The Bertz CT molecular complexity index is 258. The van der Waals surface area contributed by atoms with Crippen molar-refractivity contribution >= 4 is 5.97 Å². The van der Waals surface area contributed by atoms with E-state index in [1.54, 1.807) is 13.1 Å². The van der Waals surface area contributed by atoms with Gasteiger partial charge in [0.2, 0.25) is 0 Å². The standard InChI is InChI=1S/C6H9N3O2.C2H6/c1-5-3-9(8-7-5)4-6(10)11-2;1-2/h3H,4H2,1-2H3;1-2H3. The molecule has 0 saturated heterocycles. The van der Waals surface area contributed by atoms with E-state index in [4.69, 9.17) is 0 Å². The first-order valence-corrected chi connectivity index (χ1v) is 4.16. The van der Waals surface area contributed by atoms with Crippen LogP contribution in [0.1, 0.15) is 19.5 Å². The monoisotopic (exact) mass is 185 g/mol. The van der Waals surface area contributed by atoms with Crippen molar-refractivity contribution in [1.29, 1.82) is 0 Å². The molecule has 0 atom stereocenters. The quantitative estimate of drug-likeness (QED) is 0.639. The van der Waals surface area contributed by atoms with E-state index in [0.717, 1.165) is 5.69 Å². The minimum atomic E-state index is -0.324. The third-order valence-electron chi connectivity index (χ3n) is 1.17. The first-order chi connectivity index (χ1) is 6.22. The summed E-state index contributed by atoms with van der Waals surface area (Å²) in [5, 5.41) is 7.38. The fraction of sp³-hybridized carbons (Fsp3) is 0.625. The maximum absolute atomic E-state index is 10.7. The molecule has 1 aromatic rings. The van der Waals surface area contributed by atoms with Crippen LogP contribution in [0.4, 0.5) is 0 Å². The Morgan fingerprint density at radius 2 is 2.23 bits per heavy atom. The van der Waals surface area contributed by atoms with Crippen molar-refractivity contribution in [2.45, 2.75) is 27.3 Å². The second-order valence-electron chi connectivity index (χ2n) is 2.13. The molecule has 0 radical (unpaired) electrons. The lowest BCUT2D eigenvalue weighted by Gasteiger charge is -1.96. The molecule has 1 rings (SSSR count). The third kappa shape index (κ3) is 4.25. The van der Waals surface area contributed by atoms with Crippen LogP contribution >= 0.6 is 0 Å². The van der Waals surface area contributed by atoms with Gasteiger partial charge in [-0.1, -0.05) is 19.1 Å². The zero-order chi connectivity index (χ0) is 10.3. The van der Waals surface area contributed by atoms with E-state index in [-0.39, 0.29) is 12.5 Å². The van der Waals surface area contributed by atoms with Gasteiger partial charge in [0.15, 0.2) is 0 Å². The Balaban J connectivity index is 0.000000671. The summed E-state index contributed by atoms with van der Waals surface area (Å²) >= 11 is 0. The van der Waals surface area contributed by atoms with Crippen LogP contribution in [0.25, 0.3) is 0 Å². The van der Waals surface area contributed by atoms with Gasteiger partial charge in [0.1, 0.15) is 6.54 Å². The number of hydrogen-bond donors (Lipinski definition) is 0. The van der Waals surface area contributed by atoms with Crippen LogP contribution in [0, 0.1) is 6.92 Å². The average Bonchev–Trinajstić information content (AvgIpc) is 2.54. The topological polar surface area (TPSA) is 57.0 Å². The number of carbonyl (C=O) groups is 1. The number of aryl methyl sites for hydroxylation is 1. The fourth-order valence-corrected chi connectivity index (χ4v) is 0.669. The molecule has 0 spiro atoms. The van der Waals surface area contributed by atoms with Gasteiger partial charge in [-0.05, 0) is 6.92 Å². The molecule has 74 valence electrons. The van der Waals surface area contributed by atoms with Crippen molar-refractivity contribution in [3.8, 4) is 0 Å². The van der Waals surface area contributed by atoms with Crippen molar-refractivity contribution in [1.82, 2.24) is 15.0 Å². The van der Waals surface area contributed by atoms with Gasteiger partial charge in [-0.3, -0.25) is 4.79 Å². The number of methoxy groups -OCH3 is 1. The summed E-state index contributed by atoms with van der Waals surface area (Å²) in [6.07, 6.45) is 1.68. The highest BCUT2D eigenvalue weighted by atomic mass is 16.5. The molecule has 0 aliphatic carbocycles. The van der Waals surface area contributed by atoms with Crippen LogP contribution in [0.5, 0.6) is 0 Å². The summed E-state index contributed by atoms with van der Waals surface area (Å²) in [6.45, 7) is 5.93. The molecule has 5 nitrogen and oxygen atoms in total. The maximum Gasteiger partial charge on any atom is 0.327 e. The van der Waals surface area contributed by atoms with Crippen molar-refractivity contribution in [3.05, 3.63) is 11.9 Å². The molecule has 13 heavy (non-hydrogen) atoms. The van der Waals surface area contributed by atoms with Crippen molar-refractivity contribution < 1.29 is 9.53 Å². The second-order valence-corrected chi connectivity index (χ2v) is 2.13. The van der Waals surface area contributed by atoms with Crippen LogP contribution in [0.15, 0.2) is 6.20 Å². The molecular weight excluding hydrogens is 170 g/mol. The molecular formula is C8H15N3O2. The van der Waals surface area contributed by atoms with Gasteiger partial charge in [0, 0.05) is 6.20 Å². The smallest absolute Gasteiger partial charge is 0.327 e. The molecule has 0 N–H and O–H groups in total. The van der Waals surface area contributed by atoms with Crippen LogP contribution < -0.4 is 0 Å². The van der Waals surface area contributed by atoms with Gasteiger partial charge < -0.3 is 4.74 Å². The zero-order valence-corrected chi connectivity index (χ0v) is 8.44. The Morgan fingerprint density at radius 3 is 2.62 bits per heavy atom. The lowest BCUT2D eigenvalue weighted by molar-refractivity contribution is -0.141. The first-order valence-electron chi connectivity index (χ1n) is 4.16. The summed E-state index contributed by atoms with van der Waals surface area (Å²) in [6, 6.07) is 0. The second kappa shape index (κ2) is 6.16. The van der Waals surface area contributed by atoms with Crippen molar-refractivity contribution in [2.75, 3.05) is 7.11 Å². The van der Waals surface area contributed by atoms with E-state index in [0.29, 0.717) is 0 Å². The highest BCUT2D eigenvalue weighted by Gasteiger charge is 2.02. The Morgan fingerprint density at radius 1 is 1.62 bits per heavy atom. The lowest BCUT2D eigenvalue weighted by Crippen LogP contribution is -2.11. The van der Waals surface area contributed by atoms with Gasteiger partial charge in [-0.25, -0.2) is 4.68 Å². The lowest BCUT2D eigenvalue weighted by atomic mass is 10.5. The third-order valence-corrected chi connectivity index (χ3v) is 1.17. The fourth-order valence-electron chi connectivity index (χ4n) is 0.669. The minimum Gasteiger partial charge on any atom is -0.468 e. The van der Waals surface area contributed by atoms with Crippen LogP contribution in [-0.4, -0.2) is 28.1 Å². The van der Waals surface area contributed by atoms with E-state index in [2.05, 4.69) is 15.0 Å². The van der Waals surface area contributed by atoms with Crippen LogP contribution in [0.2, 0.25) is 0 Å². The Hall–Kier alpha value is -1.39. The van der Waals surface area contributed by atoms with Gasteiger partial charge in [-0.15, -0.1) is 5.10 Å². The SMILES string of the molecule is CC.COC(=O)Cn1cc(C)nn1. The molecule has 0 aliphatic rings. The molecule has 0 unspecified atom stereocenters. The summed E-state index contributed by atoms with van der Waals surface area (Å²) < 4.78 is 5.87. The normalized spacial score (nSPS) is 8.62. The highest BCUT2D eigenvalue weighted by molar-refractivity contribution is 5.68.